The average Bonchev–Trinajstić information content (AvgIpc) is 3.18. The van der Waals surface area contributed by atoms with E-state index in [1.54, 1.807) is 0 Å². The number of aromatic nitrogens is 5. The Morgan fingerprint density at radius 1 is 1.57 bits per heavy atom. The van der Waals surface area contributed by atoms with Crippen LogP contribution in [0.25, 0.3) is 0 Å². The maximum absolute atomic E-state index is 12.3. The molecule has 2 aromatic heterocycles. The second kappa shape index (κ2) is 5.58. The lowest BCUT2D eigenvalue weighted by Gasteiger charge is -2.17. The number of hydrogen-bond acceptors (Lipinski definition) is 8. The van der Waals surface area contributed by atoms with Gasteiger partial charge in [0.15, 0.2) is 0 Å². The molecule has 1 aliphatic rings. The van der Waals surface area contributed by atoms with Crippen molar-refractivity contribution in [1.29, 1.82) is 0 Å². The van der Waals surface area contributed by atoms with Crippen LogP contribution in [0.2, 0.25) is 0 Å². The van der Waals surface area contributed by atoms with E-state index in [1.165, 1.54) is 11.0 Å². The first-order valence-corrected chi connectivity index (χ1v) is 6.57. The van der Waals surface area contributed by atoms with Gasteiger partial charge in [0.2, 0.25) is 5.91 Å². The monoisotopic (exact) mass is 292 g/mol. The quantitative estimate of drug-likeness (QED) is 0.643. The minimum absolute atomic E-state index is 0.0898. The molecule has 1 saturated heterocycles. The van der Waals surface area contributed by atoms with Gasteiger partial charge in [-0.25, -0.2) is 10.1 Å². The largest absolute Gasteiger partial charge is 0.361 e. The van der Waals surface area contributed by atoms with Crippen LogP contribution in [-0.2, 0) is 11.3 Å². The molecule has 3 N–H and O–H groups in total. The van der Waals surface area contributed by atoms with Crippen molar-refractivity contribution >= 4 is 5.91 Å². The van der Waals surface area contributed by atoms with Crippen LogP contribution >= 0.6 is 0 Å². The maximum Gasteiger partial charge on any atom is 0.228 e. The third kappa shape index (κ3) is 2.62. The molecule has 0 bridgehead atoms. The first-order chi connectivity index (χ1) is 10.2. The van der Waals surface area contributed by atoms with Gasteiger partial charge in [0, 0.05) is 18.7 Å². The van der Waals surface area contributed by atoms with Gasteiger partial charge in [-0.2, -0.15) is 0 Å². The third-order valence-corrected chi connectivity index (χ3v) is 3.56. The highest BCUT2D eigenvalue weighted by molar-refractivity contribution is 5.79. The first-order valence-electron chi connectivity index (χ1n) is 6.57. The number of aryl methyl sites for hydroxylation is 2. The van der Waals surface area contributed by atoms with Gasteiger partial charge in [-0.05, 0) is 24.3 Å². The summed E-state index contributed by atoms with van der Waals surface area (Å²) in [6.07, 6.45) is 1.16. The topological polar surface area (TPSA) is 123 Å². The fourth-order valence-electron chi connectivity index (χ4n) is 2.33. The predicted octanol–water partition coefficient (Wildman–Crippen LogP) is -1.18. The maximum atomic E-state index is 12.3. The smallest absolute Gasteiger partial charge is 0.228 e. The van der Waals surface area contributed by atoms with Crippen LogP contribution in [-0.4, -0.2) is 37.8 Å². The van der Waals surface area contributed by atoms with Crippen molar-refractivity contribution in [2.75, 3.05) is 6.54 Å². The van der Waals surface area contributed by atoms with E-state index in [1.807, 2.05) is 13.8 Å². The SMILES string of the molecule is Cc1noc(C)c1CNC(=O)C1CNNC1n1cnnn1. The standard InChI is InChI=1S/C11H16N8O2/c1-6-8(7(2)21-16-6)3-12-11(20)9-4-13-15-10(9)19-5-14-17-18-19/h5,9-10,13,15H,3-4H2,1-2H3,(H,12,20). The fraction of sp³-hybridized carbons (Fsp3) is 0.545. The lowest BCUT2D eigenvalue weighted by Crippen LogP contribution is -2.37. The van der Waals surface area contributed by atoms with E-state index in [-0.39, 0.29) is 18.0 Å². The number of amides is 1. The van der Waals surface area contributed by atoms with Crippen LogP contribution in [0.4, 0.5) is 0 Å². The van der Waals surface area contributed by atoms with Crippen molar-refractivity contribution in [2.45, 2.75) is 26.6 Å². The minimum atomic E-state index is -0.315. The van der Waals surface area contributed by atoms with Gasteiger partial charge >= 0.3 is 0 Å². The summed E-state index contributed by atoms with van der Waals surface area (Å²) in [5.74, 6) is 0.314. The van der Waals surface area contributed by atoms with E-state index >= 15 is 0 Å². The van der Waals surface area contributed by atoms with Crippen LogP contribution in [0.3, 0.4) is 0 Å². The van der Waals surface area contributed by atoms with Crippen LogP contribution in [0.15, 0.2) is 10.9 Å². The molecule has 112 valence electrons. The van der Waals surface area contributed by atoms with Gasteiger partial charge < -0.3 is 9.84 Å². The molecular weight excluding hydrogens is 276 g/mol. The summed E-state index contributed by atoms with van der Waals surface area (Å²) in [6, 6.07) is 0. The Bertz CT molecular complexity index is 603. The van der Waals surface area contributed by atoms with E-state index in [0.29, 0.717) is 18.8 Å². The zero-order valence-electron chi connectivity index (χ0n) is 11.7. The van der Waals surface area contributed by atoms with E-state index in [4.69, 9.17) is 4.52 Å². The number of tetrazole rings is 1. The molecule has 2 aromatic rings. The molecule has 0 aromatic carbocycles. The summed E-state index contributed by atoms with van der Waals surface area (Å²) < 4.78 is 6.59. The summed E-state index contributed by atoms with van der Waals surface area (Å²) in [6.45, 7) is 4.56. The Balaban J connectivity index is 1.65. The van der Waals surface area contributed by atoms with Gasteiger partial charge in [-0.1, -0.05) is 5.16 Å². The number of hydrogen-bond donors (Lipinski definition) is 3. The molecule has 0 aliphatic carbocycles. The average molecular weight is 292 g/mol. The van der Waals surface area contributed by atoms with Gasteiger partial charge in [0.25, 0.3) is 0 Å². The summed E-state index contributed by atoms with van der Waals surface area (Å²) in [5.41, 5.74) is 7.62. The summed E-state index contributed by atoms with van der Waals surface area (Å²) >= 11 is 0. The number of rotatable bonds is 4. The Labute approximate surface area is 120 Å². The Hall–Kier alpha value is -2.33. The summed E-state index contributed by atoms with van der Waals surface area (Å²) in [4.78, 5) is 12.3. The Morgan fingerprint density at radius 3 is 3.10 bits per heavy atom. The van der Waals surface area contributed by atoms with Crippen molar-refractivity contribution in [2.24, 2.45) is 5.92 Å². The number of carbonyl (C=O) groups excluding carboxylic acids is 1. The van der Waals surface area contributed by atoms with E-state index < -0.39 is 0 Å². The van der Waals surface area contributed by atoms with Gasteiger partial charge in [-0.3, -0.25) is 10.2 Å². The van der Waals surface area contributed by atoms with Crippen molar-refractivity contribution in [3.63, 3.8) is 0 Å². The molecule has 21 heavy (non-hydrogen) atoms. The van der Waals surface area contributed by atoms with E-state index in [0.717, 1.165) is 11.3 Å². The van der Waals surface area contributed by atoms with Crippen LogP contribution in [0, 0.1) is 19.8 Å². The molecule has 1 aliphatic heterocycles. The van der Waals surface area contributed by atoms with Gasteiger partial charge in [-0.15, -0.1) is 5.10 Å². The van der Waals surface area contributed by atoms with Gasteiger partial charge in [0.05, 0.1) is 11.6 Å². The second-order valence-corrected chi connectivity index (χ2v) is 4.89. The lowest BCUT2D eigenvalue weighted by atomic mass is 10.1. The van der Waals surface area contributed by atoms with Crippen LogP contribution in [0.1, 0.15) is 23.2 Å². The van der Waals surface area contributed by atoms with Crippen molar-refractivity contribution in [1.82, 2.24) is 41.5 Å². The van der Waals surface area contributed by atoms with Crippen molar-refractivity contribution in [3.05, 3.63) is 23.3 Å². The molecule has 3 rings (SSSR count). The molecule has 2 atom stereocenters. The zero-order valence-corrected chi connectivity index (χ0v) is 11.7. The highest BCUT2D eigenvalue weighted by Gasteiger charge is 2.35. The second-order valence-electron chi connectivity index (χ2n) is 4.89. The molecule has 0 radical (unpaired) electrons. The predicted molar refractivity (Wildman–Crippen MR) is 69.3 cm³/mol. The molecule has 3 heterocycles. The molecule has 10 nitrogen and oxygen atoms in total. The molecule has 0 spiro atoms. The van der Waals surface area contributed by atoms with Crippen LogP contribution < -0.4 is 16.2 Å². The van der Waals surface area contributed by atoms with Crippen molar-refractivity contribution in [3.8, 4) is 0 Å². The fourth-order valence-corrected chi connectivity index (χ4v) is 2.33. The lowest BCUT2D eigenvalue weighted by molar-refractivity contribution is -0.125. The van der Waals surface area contributed by atoms with Gasteiger partial charge in [0.1, 0.15) is 18.3 Å². The van der Waals surface area contributed by atoms with E-state index in [9.17, 15) is 4.79 Å². The molecule has 1 fully saturated rings. The molecule has 1 amide bonds. The Morgan fingerprint density at radius 2 is 2.43 bits per heavy atom. The third-order valence-electron chi connectivity index (χ3n) is 3.56. The number of nitrogens with zero attached hydrogens (tertiary/aromatic N) is 5. The highest BCUT2D eigenvalue weighted by Crippen LogP contribution is 2.18. The van der Waals surface area contributed by atoms with E-state index in [2.05, 4.69) is 36.9 Å². The molecule has 2 unspecified atom stereocenters. The highest BCUT2D eigenvalue weighted by atomic mass is 16.5. The zero-order chi connectivity index (χ0) is 14.8. The molecule has 10 heteroatoms. The number of carbonyl (C=O) groups is 1. The number of hydrazine groups is 1. The van der Waals surface area contributed by atoms with Crippen LogP contribution in [0.5, 0.6) is 0 Å². The first kappa shape index (κ1) is 13.6. The summed E-state index contributed by atoms with van der Waals surface area (Å²) in [7, 11) is 0. The molecular formula is C11H16N8O2. The molecule has 0 saturated carbocycles. The minimum Gasteiger partial charge on any atom is -0.361 e. The number of nitrogens with one attached hydrogen (secondary N) is 3. The normalized spacial score (nSPS) is 21.6. The summed E-state index contributed by atoms with van der Waals surface area (Å²) in [5, 5.41) is 17.7. The Kier molecular flexibility index (Phi) is 3.62. The van der Waals surface area contributed by atoms with Crippen molar-refractivity contribution < 1.29 is 9.32 Å².